The van der Waals surface area contributed by atoms with Crippen molar-refractivity contribution in [2.75, 3.05) is 0 Å². The van der Waals surface area contributed by atoms with E-state index in [0.717, 1.165) is 39.2 Å². The van der Waals surface area contributed by atoms with E-state index in [-0.39, 0.29) is 0 Å². The van der Waals surface area contributed by atoms with Gasteiger partial charge in [0, 0.05) is 11.3 Å². The fourth-order valence-electron chi connectivity index (χ4n) is 7.15. The maximum Gasteiger partial charge on any atom is 0.146 e. The molecule has 0 aliphatic carbocycles. The minimum Gasteiger partial charge on any atom is -0.292 e. The fraction of sp³-hybridized carbons (Fsp3) is 0. The first-order chi connectivity index (χ1) is 23.3. The molecule has 0 amide bonds. The number of nitrogens with zero attached hydrogens (tertiary/aromatic N) is 2. The topological polar surface area (TPSA) is 17.8 Å². The molecular weight excluding hydrogens is 569 g/mol. The molecule has 2 heteroatoms. The van der Waals surface area contributed by atoms with E-state index < -0.39 is 0 Å². The maximum absolute atomic E-state index is 5.23. The van der Waals surface area contributed by atoms with Crippen molar-refractivity contribution in [3.8, 4) is 50.5 Å². The van der Waals surface area contributed by atoms with Crippen LogP contribution in [0, 0.1) is 0 Å². The van der Waals surface area contributed by atoms with Crippen LogP contribution in [0.3, 0.4) is 0 Å². The van der Waals surface area contributed by atoms with Crippen molar-refractivity contribution in [1.29, 1.82) is 0 Å². The number of benzene rings is 8. The van der Waals surface area contributed by atoms with E-state index in [0.29, 0.717) is 0 Å². The van der Waals surface area contributed by atoms with Gasteiger partial charge in [-0.1, -0.05) is 152 Å². The van der Waals surface area contributed by atoms with Crippen molar-refractivity contribution in [2.45, 2.75) is 0 Å². The van der Waals surface area contributed by atoms with Crippen LogP contribution in [0.4, 0.5) is 0 Å². The number of fused-ring (bicyclic) bond motifs is 3. The van der Waals surface area contributed by atoms with Gasteiger partial charge in [0.2, 0.25) is 0 Å². The van der Waals surface area contributed by atoms with E-state index in [4.69, 9.17) is 4.98 Å². The Labute approximate surface area is 273 Å². The van der Waals surface area contributed by atoms with Gasteiger partial charge in [-0.15, -0.1) is 0 Å². The Balaban J connectivity index is 1.35. The molecule has 0 saturated carbocycles. The van der Waals surface area contributed by atoms with Gasteiger partial charge in [0.1, 0.15) is 5.82 Å². The molecule has 0 unspecified atom stereocenters. The van der Waals surface area contributed by atoms with Gasteiger partial charge in [-0.3, -0.25) is 4.57 Å². The van der Waals surface area contributed by atoms with Crippen LogP contribution < -0.4 is 0 Å². The lowest BCUT2D eigenvalue weighted by Gasteiger charge is -2.19. The van der Waals surface area contributed by atoms with E-state index >= 15 is 0 Å². The average molecular weight is 599 g/mol. The van der Waals surface area contributed by atoms with Gasteiger partial charge in [-0.25, -0.2) is 4.98 Å². The van der Waals surface area contributed by atoms with Crippen LogP contribution in [0.15, 0.2) is 182 Å². The minimum absolute atomic E-state index is 0.930. The van der Waals surface area contributed by atoms with Gasteiger partial charge in [-0.05, 0) is 85.3 Å². The van der Waals surface area contributed by atoms with E-state index in [1.54, 1.807) is 0 Å². The summed E-state index contributed by atoms with van der Waals surface area (Å²) in [6.07, 6.45) is 0. The van der Waals surface area contributed by atoms with Gasteiger partial charge >= 0.3 is 0 Å². The average Bonchev–Trinajstić information content (AvgIpc) is 3.54. The first kappa shape index (κ1) is 27.1. The molecule has 1 aromatic heterocycles. The monoisotopic (exact) mass is 598 g/mol. The van der Waals surface area contributed by atoms with Gasteiger partial charge in [0.25, 0.3) is 0 Å². The normalized spacial score (nSPS) is 11.4. The van der Waals surface area contributed by atoms with E-state index in [1.807, 2.05) is 0 Å². The predicted molar refractivity (Wildman–Crippen MR) is 198 cm³/mol. The first-order valence-corrected chi connectivity index (χ1v) is 16.1. The van der Waals surface area contributed by atoms with E-state index in [1.165, 1.54) is 43.8 Å². The predicted octanol–water partition coefficient (Wildman–Crippen LogP) is 12.0. The molecule has 220 valence electrons. The molecule has 0 aliphatic rings. The second kappa shape index (κ2) is 11.3. The van der Waals surface area contributed by atoms with Crippen LogP contribution in [-0.2, 0) is 0 Å². The van der Waals surface area contributed by atoms with Crippen LogP contribution in [0.2, 0.25) is 0 Å². The molecule has 9 rings (SSSR count). The molecule has 0 radical (unpaired) electrons. The molecule has 47 heavy (non-hydrogen) atoms. The Morgan fingerprint density at radius 1 is 0.362 bits per heavy atom. The van der Waals surface area contributed by atoms with Crippen molar-refractivity contribution in [1.82, 2.24) is 9.55 Å². The second-order valence-electron chi connectivity index (χ2n) is 11.9. The van der Waals surface area contributed by atoms with Crippen molar-refractivity contribution in [2.24, 2.45) is 0 Å². The molecule has 1 heterocycles. The Kier molecular flexibility index (Phi) is 6.50. The Bertz CT molecular complexity index is 2550. The number of imidazole rings is 1. The third-order valence-corrected chi connectivity index (χ3v) is 9.20. The number of para-hydroxylation sites is 3. The summed E-state index contributed by atoms with van der Waals surface area (Å²) >= 11 is 0. The fourth-order valence-corrected chi connectivity index (χ4v) is 7.15. The molecule has 0 N–H and O–H groups in total. The highest BCUT2D eigenvalue weighted by atomic mass is 15.1. The molecule has 2 nitrogen and oxygen atoms in total. The number of rotatable bonds is 5. The van der Waals surface area contributed by atoms with Crippen molar-refractivity contribution in [3.63, 3.8) is 0 Å². The molecule has 0 atom stereocenters. The summed E-state index contributed by atoms with van der Waals surface area (Å²) in [4.78, 5) is 5.23. The highest BCUT2D eigenvalue weighted by Gasteiger charge is 2.20. The minimum atomic E-state index is 0.930. The third-order valence-electron chi connectivity index (χ3n) is 9.20. The summed E-state index contributed by atoms with van der Waals surface area (Å²) in [6, 6.07) is 65.1. The molecule has 9 aromatic rings. The van der Waals surface area contributed by atoms with Crippen LogP contribution in [0.25, 0.3) is 83.0 Å². The molecule has 0 spiro atoms. The van der Waals surface area contributed by atoms with Crippen molar-refractivity contribution in [3.05, 3.63) is 182 Å². The molecule has 0 aliphatic heterocycles. The van der Waals surface area contributed by atoms with Crippen LogP contribution in [0.5, 0.6) is 0 Å². The third kappa shape index (κ3) is 4.54. The molecular formula is C45H30N2. The molecule has 0 fully saturated rings. The van der Waals surface area contributed by atoms with E-state index in [9.17, 15) is 0 Å². The molecule has 0 saturated heterocycles. The summed E-state index contributed by atoms with van der Waals surface area (Å²) < 4.78 is 2.28. The van der Waals surface area contributed by atoms with Gasteiger partial charge in [-0.2, -0.15) is 0 Å². The maximum atomic E-state index is 5.23. The van der Waals surface area contributed by atoms with Gasteiger partial charge < -0.3 is 0 Å². The highest BCUT2D eigenvalue weighted by molar-refractivity contribution is 6.22. The summed E-state index contributed by atoms with van der Waals surface area (Å²) in [7, 11) is 0. The highest BCUT2D eigenvalue weighted by Crippen LogP contribution is 2.45. The first-order valence-electron chi connectivity index (χ1n) is 16.1. The summed E-state index contributed by atoms with van der Waals surface area (Å²) in [5.74, 6) is 0.930. The SMILES string of the molecule is c1ccc(-c2c3ccccc3c(-c3ccccc3)c3cc(-c4ccccc4-c4nc5ccccc5n4-c4ccccc4)ccc23)cc1. The zero-order chi connectivity index (χ0) is 31.2. The van der Waals surface area contributed by atoms with E-state index in [2.05, 4.69) is 187 Å². The number of aromatic nitrogens is 2. The lowest BCUT2D eigenvalue weighted by Crippen LogP contribution is -1.98. The van der Waals surface area contributed by atoms with Crippen molar-refractivity contribution < 1.29 is 0 Å². The van der Waals surface area contributed by atoms with Crippen molar-refractivity contribution >= 4 is 32.6 Å². The summed E-state index contributed by atoms with van der Waals surface area (Å²) in [5.41, 5.74) is 11.5. The van der Waals surface area contributed by atoms with Gasteiger partial charge in [0.15, 0.2) is 0 Å². The molecule has 8 aromatic carbocycles. The lowest BCUT2D eigenvalue weighted by atomic mass is 9.84. The van der Waals surface area contributed by atoms with Gasteiger partial charge in [0.05, 0.1) is 11.0 Å². The summed E-state index contributed by atoms with van der Waals surface area (Å²) in [6.45, 7) is 0. The number of hydrogen-bond acceptors (Lipinski definition) is 1. The Hall–Kier alpha value is -6.25. The zero-order valence-electron chi connectivity index (χ0n) is 25.7. The second-order valence-corrected chi connectivity index (χ2v) is 11.9. The lowest BCUT2D eigenvalue weighted by molar-refractivity contribution is 1.10. The molecule has 0 bridgehead atoms. The van der Waals surface area contributed by atoms with Crippen LogP contribution in [0.1, 0.15) is 0 Å². The van der Waals surface area contributed by atoms with Crippen LogP contribution in [-0.4, -0.2) is 9.55 Å². The zero-order valence-corrected chi connectivity index (χ0v) is 25.7. The smallest absolute Gasteiger partial charge is 0.146 e. The van der Waals surface area contributed by atoms with Crippen LogP contribution >= 0.6 is 0 Å². The standard InChI is InChI=1S/C45H30N2/c1-4-16-31(17-5-1)43-36-23-11-12-24-37(36)44(32-18-6-2-7-19-32)40-30-33(28-29-38(40)43)35-22-10-13-25-39(35)45-46-41-26-14-15-27-42(41)47(45)34-20-8-3-9-21-34/h1-30H. The largest absolute Gasteiger partial charge is 0.292 e. The quantitative estimate of drug-likeness (QED) is 0.180. The Morgan fingerprint density at radius 3 is 1.55 bits per heavy atom. The summed E-state index contributed by atoms with van der Waals surface area (Å²) in [5, 5.41) is 4.99. The number of hydrogen-bond donors (Lipinski definition) is 0. The Morgan fingerprint density at radius 2 is 0.872 bits per heavy atom.